The van der Waals surface area contributed by atoms with Gasteiger partial charge in [0.05, 0.1) is 24.7 Å². The van der Waals surface area contributed by atoms with Crippen LogP contribution >= 0.6 is 11.6 Å². The van der Waals surface area contributed by atoms with E-state index in [9.17, 15) is 14.9 Å². The molecular weight excluding hydrogens is 490 g/mol. The van der Waals surface area contributed by atoms with Crippen molar-refractivity contribution >= 4 is 28.7 Å². The molecular formula is C27H28ClN7O2. The van der Waals surface area contributed by atoms with E-state index in [1.54, 1.807) is 41.9 Å². The van der Waals surface area contributed by atoms with Gasteiger partial charge in [0, 0.05) is 24.2 Å². The Balaban J connectivity index is 1.70. The van der Waals surface area contributed by atoms with Crippen molar-refractivity contribution in [3.63, 3.8) is 0 Å². The predicted molar refractivity (Wildman–Crippen MR) is 144 cm³/mol. The molecule has 5 rings (SSSR count). The molecule has 2 atom stereocenters. The zero-order valence-electron chi connectivity index (χ0n) is 20.5. The lowest BCUT2D eigenvalue weighted by atomic mass is 9.91. The smallest absolute Gasteiger partial charge is 0.332 e. The number of hydrogen-bond donors (Lipinski definition) is 2. The van der Waals surface area contributed by atoms with Gasteiger partial charge in [0.1, 0.15) is 0 Å². The molecule has 1 saturated carbocycles. The van der Waals surface area contributed by atoms with Crippen LogP contribution in [0.2, 0.25) is 5.02 Å². The van der Waals surface area contributed by atoms with E-state index in [-0.39, 0.29) is 36.3 Å². The lowest BCUT2D eigenvalue weighted by molar-refractivity contribution is 0.401. The number of nitrogens with zero attached hydrogens (tertiary/aromatic N) is 5. The van der Waals surface area contributed by atoms with Crippen LogP contribution in [-0.2, 0) is 20.1 Å². The Morgan fingerprint density at radius 2 is 1.73 bits per heavy atom. The normalized spacial score (nSPS) is 17.6. The fourth-order valence-electron chi connectivity index (χ4n) is 5.01. The van der Waals surface area contributed by atoms with Crippen molar-refractivity contribution in [3.05, 3.63) is 91.1 Å². The molecule has 0 amide bonds. The topological polar surface area (TPSA) is 124 Å². The van der Waals surface area contributed by atoms with E-state index in [2.05, 4.69) is 11.4 Å². The summed E-state index contributed by atoms with van der Waals surface area (Å²) in [6.45, 7) is 0.251. The first-order valence-corrected chi connectivity index (χ1v) is 12.7. The molecule has 190 valence electrons. The maximum atomic E-state index is 13.9. The summed E-state index contributed by atoms with van der Waals surface area (Å²) in [7, 11) is 1.60. The van der Waals surface area contributed by atoms with Gasteiger partial charge in [-0.25, -0.2) is 4.79 Å². The predicted octanol–water partition coefficient (Wildman–Crippen LogP) is 3.20. The van der Waals surface area contributed by atoms with Crippen molar-refractivity contribution in [2.24, 2.45) is 12.8 Å². The van der Waals surface area contributed by atoms with Crippen molar-refractivity contribution < 1.29 is 0 Å². The molecule has 10 heteroatoms. The monoisotopic (exact) mass is 517 g/mol. The highest BCUT2D eigenvalue weighted by Gasteiger charge is 2.26. The molecule has 37 heavy (non-hydrogen) atoms. The van der Waals surface area contributed by atoms with E-state index in [0.29, 0.717) is 22.1 Å². The molecule has 4 aromatic rings. The number of fused-ring (bicyclic) bond motifs is 1. The van der Waals surface area contributed by atoms with Gasteiger partial charge in [-0.2, -0.15) is 10.2 Å². The third kappa shape index (κ3) is 4.66. The van der Waals surface area contributed by atoms with Crippen molar-refractivity contribution in [2.75, 3.05) is 5.32 Å². The number of anilines is 1. The average Bonchev–Trinajstić information content (AvgIpc) is 3.26. The Hall–Kier alpha value is -3.87. The summed E-state index contributed by atoms with van der Waals surface area (Å²) < 4.78 is 4.31. The van der Waals surface area contributed by atoms with Gasteiger partial charge in [0.25, 0.3) is 5.56 Å². The highest BCUT2D eigenvalue weighted by molar-refractivity contribution is 6.31. The highest BCUT2D eigenvalue weighted by Crippen LogP contribution is 2.25. The zero-order valence-corrected chi connectivity index (χ0v) is 21.3. The minimum Gasteiger partial charge on any atom is -0.351 e. The summed E-state index contributed by atoms with van der Waals surface area (Å²) in [6.07, 6.45) is 3.94. The van der Waals surface area contributed by atoms with Gasteiger partial charge in [-0.1, -0.05) is 60.8 Å². The van der Waals surface area contributed by atoms with E-state index in [4.69, 9.17) is 22.3 Å². The van der Waals surface area contributed by atoms with E-state index >= 15 is 0 Å². The molecule has 0 bridgehead atoms. The standard InChI is InChI=1S/C27H28ClN7O2/c1-33-24-23(25(36)35(27(33)37)15-18-9-3-2-8-17(18)14-29)34(16-19-10-4-5-11-20(19)28)26(32-24)31-22-13-7-6-12-21(22)30/h2-5,8-11,21-22H,6-7,12-13,15-16,30H2,1H3,(H,31,32)/t21-,22-/m0/s1. The summed E-state index contributed by atoms with van der Waals surface area (Å²) in [5.74, 6) is 0.472. The number of hydrogen-bond acceptors (Lipinski definition) is 6. The second-order valence-corrected chi connectivity index (χ2v) is 9.89. The fourth-order valence-corrected chi connectivity index (χ4v) is 5.21. The van der Waals surface area contributed by atoms with Gasteiger partial charge in [0.2, 0.25) is 5.95 Å². The molecule has 2 heterocycles. The summed E-state index contributed by atoms with van der Waals surface area (Å²) >= 11 is 6.48. The van der Waals surface area contributed by atoms with Crippen molar-refractivity contribution in [1.29, 1.82) is 5.26 Å². The first-order valence-electron chi connectivity index (χ1n) is 12.3. The van der Waals surface area contributed by atoms with Gasteiger partial charge in [0.15, 0.2) is 11.2 Å². The molecule has 9 nitrogen and oxygen atoms in total. The summed E-state index contributed by atoms with van der Waals surface area (Å²) in [5.41, 5.74) is 7.79. The molecule has 2 aromatic heterocycles. The lowest BCUT2D eigenvalue weighted by Gasteiger charge is -2.29. The number of nitrogens with one attached hydrogen (secondary N) is 1. The molecule has 2 aromatic carbocycles. The van der Waals surface area contributed by atoms with Crippen molar-refractivity contribution in [2.45, 2.75) is 50.9 Å². The number of nitriles is 1. The third-order valence-corrected chi connectivity index (χ3v) is 7.49. The second kappa shape index (κ2) is 10.2. The number of benzene rings is 2. The first kappa shape index (κ1) is 24.8. The van der Waals surface area contributed by atoms with Crippen molar-refractivity contribution in [3.8, 4) is 6.07 Å². The highest BCUT2D eigenvalue weighted by atomic mass is 35.5. The Kier molecular flexibility index (Phi) is 6.87. The Bertz CT molecular complexity index is 1630. The van der Waals surface area contributed by atoms with Gasteiger partial charge in [-0.05, 0) is 36.1 Å². The number of halogens is 1. The van der Waals surface area contributed by atoms with Crippen LogP contribution < -0.4 is 22.3 Å². The SMILES string of the molecule is Cn1c(=O)n(Cc2ccccc2C#N)c(=O)c2c1nc(N[C@H]1CCCC[C@@H]1N)n2Cc1ccccc1Cl. The van der Waals surface area contributed by atoms with Crippen LogP contribution in [-0.4, -0.2) is 30.8 Å². The first-order chi connectivity index (χ1) is 17.9. The number of imidazole rings is 1. The third-order valence-electron chi connectivity index (χ3n) is 7.12. The van der Waals surface area contributed by atoms with Crippen LogP contribution in [0.4, 0.5) is 5.95 Å². The summed E-state index contributed by atoms with van der Waals surface area (Å²) in [4.78, 5) is 31.9. The summed E-state index contributed by atoms with van der Waals surface area (Å²) in [6, 6.07) is 16.5. The molecule has 0 saturated heterocycles. The van der Waals surface area contributed by atoms with Gasteiger partial charge >= 0.3 is 5.69 Å². The number of aryl methyl sites for hydroxylation is 1. The quantitative estimate of drug-likeness (QED) is 0.405. The van der Waals surface area contributed by atoms with Gasteiger partial charge in [-0.15, -0.1) is 0 Å². The lowest BCUT2D eigenvalue weighted by Crippen LogP contribution is -2.43. The van der Waals surface area contributed by atoms with E-state index in [0.717, 1.165) is 35.8 Å². The van der Waals surface area contributed by atoms with E-state index in [1.807, 2.05) is 18.2 Å². The van der Waals surface area contributed by atoms with E-state index in [1.165, 1.54) is 4.57 Å². The molecule has 0 spiro atoms. The molecule has 0 unspecified atom stereocenters. The molecule has 1 aliphatic rings. The minimum absolute atomic E-state index is 0.00248. The van der Waals surface area contributed by atoms with Crippen LogP contribution in [0.1, 0.15) is 42.4 Å². The Morgan fingerprint density at radius 1 is 1.05 bits per heavy atom. The largest absolute Gasteiger partial charge is 0.351 e. The second-order valence-electron chi connectivity index (χ2n) is 9.49. The average molecular weight is 518 g/mol. The Labute approximate surface area is 218 Å². The molecule has 0 aliphatic heterocycles. The maximum absolute atomic E-state index is 13.9. The maximum Gasteiger partial charge on any atom is 0.332 e. The zero-order chi connectivity index (χ0) is 26.1. The summed E-state index contributed by atoms with van der Waals surface area (Å²) in [5, 5.41) is 13.5. The van der Waals surface area contributed by atoms with Crippen molar-refractivity contribution in [1.82, 2.24) is 18.7 Å². The van der Waals surface area contributed by atoms with Crippen LogP contribution in [0, 0.1) is 11.3 Å². The Morgan fingerprint density at radius 3 is 2.46 bits per heavy atom. The molecule has 1 fully saturated rings. The fraction of sp³-hybridized carbons (Fsp3) is 0.333. The van der Waals surface area contributed by atoms with Crippen LogP contribution in [0.5, 0.6) is 0 Å². The van der Waals surface area contributed by atoms with Crippen LogP contribution in [0.25, 0.3) is 11.2 Å². The van der Waals surface area contributed by atoms with E-state index < -0.39 is 11.2 Å². The van der Waals surface area contributed by atoms with Crippen LogP contribution in [0.15, 0.2) is 58.1 Å². The number of rotatable bonds is 6. The van der Waals surface area contributed by atoms with Crippen LogP contribution in [0.3, 0.4) is 0 Å². The molecule has 1 aliphatic carbocycles. The number of nitrogens with two attached hydrogens (primary N) is 1. The van der Waals surface area contributed by atoms with Gasteiger partial charge in [-0.3, -0.25) is 18.5 Å². The van der Waals surface area contributed by atoms with Gasteiger partial charge < -0.3 is 11.1 Å². The molecule has 0 radical (unpaired) electrons. The molecule has 3 N–H and O–H groups in total. The minimum atomic E-state index is -0.506. The number of aromatic nitrogens is 4.